The van der Waals surface area contributed by atoms with Crippen LogP contribution in [-0.4, -0.2) is 35.1 Å². The van der Waals surface area contributed by atoms with Crippen molar-refractivity contribution in [2.24, 2.45) is 0 Å². The molecule has 2 atom stereocenters. The van der Waals surface area contributed by atoms with E-state index >= 15 is 0 Å². The first-order chi connectivity index (χ1) is 9.41. The van der Waals surface area contributed by atoms with Gasteiger partial charge in [-0.3, -0.25) is 4.79 Å². The third kappa shape index (κ3) is 2.99. The van der Waals surface area contributed by atoms with E-state index in [4.69, 9.17) is 5.73 Å². The Bertz CT molecular complexity index is 519. The van der Waals surface area contributed by atoms with Crippen LogP contribution in [0, 0.1) is 6.92 Å². The maximum absolute atomic E-state index is 12.7. The van der Waals surface area contributed by atoms with Crippen molar-refractivity contribution in [2.75, 3.05) is 12.8 Å². The van der Waals surface area contributed by atoms with Gasteiger partial charge in [0, 0.05) is 22.8 Å². The van der Waals surface area contributed by atoms with Crippen LogP contribution in [0.2, 0.25) is 0 Å². The number of halogens is 1. The molecule has 1 amide bonds. The number of hydrogen-bond acceptors (Lipinski definition) is 3. The summed E-state index contributed by atoms with van der Waals surface area (Å²) in [6.07, 6.45) is 3.28. The van der Waals surface area contributed by atoms with Gasteiger partial charge in [-0.2, -0.15) is 0 Å². The van der Waals surface area contributed by atoms with Gasteiger partial charge in [0.2, 0.25) is 0 Å². The fourth-order valence-electron chi connectivity index (χ4n) is 2.81. The van der Waals surface area contributed by atoms with E-state index in [2.05, 4.69) is 15.9 Å². The van der Waals surface area contributed by atoms with Gasteiger partial charge in [0.1, 0.15) is 0 Å². The van der Waals surface area contributed by atoms with Crippen LogP contribution < -0.4 is 5.73 Å². The highest BCUT2D eigenvalue weighted by molar-refractivity contribution is 9.10. The Morgan fingerprint density at radius 2 is 2.05 bits per heavy atom. The topological polar surface area (TPSA) is 66.6 Å². The molecule has 0 heterocycles. The number of nitrogens with two attached hydrogens (primary N) is 1. The SMILES string of the molecule is Cc1c(N)cc(Br)cc1C(=O)N(C)C1CCCCC1O. The normalized spacial score (nSPS) is 22.6. The van der Waals surface area contributed by atoms with E-state index in [1.165, 1.54) is 0 Å². The second-order valence-corrected chi connectivity index (χ2v) is 6.42. The van der Waals surface area contributed by atoms with Crippen molar-refractivity contribution in [3.63, 3.8) is 0 Å². The van der Waals surface area contributed by atoms with E-state index in [0.717, 1.165) is 35.7 Å². The number of hydrogen-bond donors (Lipinski definition) is 2. The number of nitrogens with zero attached hydrogens (tertiary/aromatic N) is 1. The average molecular weight is 341 g/mol. The minimum Gasteiger partial charge on any atom is -0.398 e. The van der Waals surface area contributed by atoms with Crippen LogP contribution in [0.1, 0.15) is 41.6 Å². The minimum atomic E-state index is -0.428. The highest BCUT2D eigenvalue weighted by Crippen LogP contribution is 2.27. The average Bonchev–Trinajstić information content (AvgIpc) is 2.42. The first-order valence-corrected chi connectivity index (χ1v) is 7.72. The van der Waals surface area contributed by atoms with Gasteiger partial charge in [-0.05, 0) is 37.5 Å². The number of aliphatic hydroxyl groups is 1. The third-order valence-corrected chi connectivity index (χ3v) is 4.61. The van der Waals surface area contributed by atoms with Crippen LogP contribution in [-0.2, 0) is 0 Å². The minimum absolute atomic E-state index is 0.0820. The molecule has 20 heavy (non-hydrogen) atoms. The van der Waals surface area contributed by atoms with Gasteiger partial charge >= 0.3 is 0 Å². The second kappa shape index (κ2) is 6.14. The number of likely N-dealkylation sites (N-methyl/N-ethyl adjacent to an activating group) is 1. The Labute approximate surface area is 128 Å². The van der Waals surface area contributed by atoms with Crippen molar-refractivity contribution in [1.82, 2.24) is 4.90 Å². The predicted molar refractivity (Wildman–Crippen MR) is 83.6 cm³/mol. The first kappa shape index (κ1) is 15.3. The Balaban J connectivity index is 2.26. The molecule has 1 aromatic carbocycles. The monoisotopic (exact) mass is 340 g/mol. The molecular weight excluding hydrogens is 320 g/mol. The molecule has 2 rings (SSSR count). The van der Waals surface area contributed by atoms with Crippen LogP contribution in [0.15, 0.2) is 16.6 Å². The summed E-state index contributed by atoms with van der Waals surface area (Å²) in [6, 6.07) is 3.48. The summed E-state index contributed by atoms with van der Waals surface area (Å²) in [7, 11) is 1.76. The van der Waals surface area contributed by atoms with Gasteiger partial charge in [0.05, 0.1) is 12.1 Å². The lowest BCUT2D eigenvalue weighted by atomic mass is 9.91. The summed E-state index contributed by atoms with van der Waals surface area (Å²) in [5.41, 5.74) is 7.89. The summed E-state index contributed by atoms with van der Waals surface area (Å²) in [6.45, 7) is 1.85. The highest BCUT2D eigenvalue weighted by Gasteiger charge is 2.30. The third-order valence-electron chi connectivity index (χ3n) is 4.15. The van der Waals surface area contributed by atoms with E-state index in [1.54, 1.807) is 24.1 Å². The van der Waals surface area contributed by atoms with Crippen molar-refractivity contribution >= 4 is 27.5 Å². The molecule has 1 fully saturated rings. The fraction of sp³-hybridized carbons (Fsp3) is 0.533. The summed E-state index contributed by atoms with van der Waals surface area (Å²) in [4.78, 5) is 14.3. The summed E-state index contributed by atoms with van der Waals surface area (Å²) in [5.74, 6) is -0.0820. The number of anilines is 1. The lowest BCUT2D eigenvalue weighted by Crippen LogP contribution is -2.46. The molecule has 4 nitrogen and oxygen atoms in total. The molecule has 0 aliphatic heterocycles. The quantitative estimate of drug-likeness (QED) is 0.813. The zero-order valence-corrected chi connectivity index (χ0v) is 13.5. The Kier molecular flexibility index (Phi) is 4.70. The van der Waals surface area contributed by atoms with Crippen LogP contribution in [0.3, 0.4) is 0 Å². The highest BCUT2D eigenvalue weighted by atomic mass is 79.9. The van der Waals surface area contributed by atoms with E-state index in [-0.39, 0.29) is 11.9 Å². The molecule has 1 aliphatic rings. The fourth-order valence-corrected chi connectivity index (χ4v) is 3.28. The van der Waals surface area contributed by atoms with E-state index < -0.39 is 6.10 Å². The Morgan fingerprint density at radius 1 is 1.40 bits per heavy atom. The van der Waals surface area contributed by atoms with Gasteiger partial charge in [-0.25, -0.2) is 0 Å². The van der Waals surface area contributed by atoms with Gasteiger partial charge < -0.3 is 15.7 Å². The predicted octanol–water partition coefficient (Wildman–Crippen LogP) is 2.72. The van der Waals surface area contributed by atoms with Crippen molar-refractivity contribution < 1.29 is 9.90 Å². The molecule has 0 radical (unpaired) electrons. The zero-order chi connectivity index (χ0) is 14.9. The van der Waals surface area contributed by atoms with Crippen molar-refractivity contribution in [3.8, 4) is 0 Å². The number of carbonyl (C=O) groups excluding carboxylic acids is 1. The summed E-state index contributed by atoms with van der Waals surface area (Å²) >= 11 is 3.37. The number of aliphatic hydroxyl groups excluding tert-OH is 1. The number of amides is 1. The van der Waals surface area contributed by atoms with Crippen LogP contribution >= 0.6 is 15.9 Å². The van der Waals surface area contributed by atoms with E-state index in [0.29, 0.717) is 11.3 Å². The van der Waals surface area contributed by atoms with Crippen molar-refractivity contribution in [3.05, 3.63) is 27.7 Å². The lowest BCUT2D eigenvalue weighted by molar-refractivity contribution is 0.0267. The Morgan fingerprint density at radius 3 is 2.70 bits per heavy atom. The summed E-state index contributed by atoms with van der Waals surface area (Å²) < 4.78 is 0.793. The molecule has 0 aromatic heterocycles. The van der Waals surface area contributed by atoms with Crippen LogP contribution in [0.4, 0.5) is 5.69 Å². The number of carbonyl (C=O) groups is 1. The number of nitrogen functional groups attached to an aromatic ring is 1. The maximum Gasteiger partial charge on any atom is 0.254 e. The maximum atomic E-state index is 12.7. The molecule has 1 aliphatic carbocycles. The van der Waals surface area contributed by atoms with Gasteiger partial charge in [0.15, 0.2) is 0 Å². The van der Waals surface area contributed by atoms with Crippen LogP contribution in [0.5, 0.6) is 0 Å². The number of benzene rings is 1. The lowest BCUT2D eigenvalue weighted by Gasteiger charge is -2.35. The van der Waals surface area contributed by atoms with E-state index in [9.17, 15) is 9.90 Å². The van der Waals surface area contributed by atoms with Gasteiger partial charge in [-0.15, -0.1) is 0 Å². The molecule has 1 aromatic rings. The molecule has 0 spiro atoms. The molecule has 1 saturated carbocycles. The largest absolute Gasteiger partial charge is 0.398 e. The van der Waals surface area contributed by atoms with Crippen molar-refractivity contribution in [1.29, 1.82) is 0 Å². The standard InChI is InChI=1S/C15H21BrN2O2/c1-9-11(7-10(16)8-12(9)17)15(20)18(2)13-5-3-4-6-14(13)19/h7-8,13-14,19H,3-6,17H2,1-2H3. The molecule has 5 heteroatoms. The smallest absolute Gasteiger partial charge is 0.254 e. The van der Waals surface area contributed by atoms with E-state index in [1.807, 2.05) is 6.92 Å². The molecular formula is C15H21BrN2O2. The van der Waals surface area contributed by atoms with Gasteiger partial charge in [-0.1, -0.05) is 28.8 Å². The summed E-state index contributed by atoms with van der Waals surface area (Å²) in [5, 5.41) is 10.1. The first-order valence-electron chi connectivity index (χ1n) is 6.92. The van der Waals surface area contributed by atoms with Gasteiger partial charge in [0.25, 0.3) is 5.91 Å². The van der Waals surface area contributed by atoms with Crippen molar-refractivity contribution in [2.45, 2.75) is 44.8 Å². The molecule has 0 saturated heterocycles. The van der Waals surface area contributed by atoms with Crippen LogP contribution in [0.25, 0.3) is 0 Å². The number of rotatable bonds is 2. The molecule has 110 valence electrons. The molecule has 0 bridgehead atoms. The molecule has 2 unspecified atom stereocenters. The molecule has 3 N–H and O–H groups in total. The second-order valence-electron chi connectivity index (χ2n) is 5.50. The zero-order valence-electron chi connectivity index (χ0n) is 11.9. The Hall–Kier alpha value is -1.07.